The molecule has 0 unspecified atom stereocenters. The molecule has 0 radical (unpaired) electrons. The quantitative estimate of drug-likeness (QED) is 0.810. The third-order valence-corrected chi connectivity index (χ3v) is 4.44. The Bertz CT molecular complexity index is 817. The number of likely N-dealkylation sites (tertiary alicyclic amines) is 1. The molecule has 0 atom stereocenters. The second-order valence-electron chi connectivity index (χ2n) is 6.25. The van der Waals surface area contributed by atoms with Gasteiger partial charge in [0.15, 0.2) is 5.78 Å². The topological polar surface area (TPSA) is 101 Å². The fourth-order valence-electron chi connectivity index (χ4n) is 2.92. The van der Waals surface area contributed by atoms with E-state index in [1.807, 2.05) is 0 Å². The number of halogens is 1. The number of piperidine rings is 1. The molecule has 3 N–H and O–H groups in total. The first-order valence-corrected chi connectivity index (χ1v) is 8.39. The molecule has 3 rings (SSSR count). The third-order valence-electron chi connectivity index (χ3n) is 4.44. The van der Waals surface area contributed by atoms with Gasteiger partial charge in [-0.15, -0.1) is 0 Å². The fourth-order valence-corrected chi connectivity index (χ4v) is 2.92. The molecular formula is C18H20FN5O2. The van der Waals surface area contributed by atoms with Crippen LogP contribution < -0.4 is 11.1 Å². The van der Waals surface area contributed by atoms with Gasteiger partial charge in [0.25, 0.3) is 0 Å². The van der Waals surface area contributed by atoms with E-state index < -0.39 is 5.82 Å². The molecule has 1 aliphatic rings. The predicted molar refractivity (Wildman–Crippen MR) is 95.2 cm³/mol. The van der Waals surface area contributed by atoms with Crippen LogP contribution >= 0.6 is 0 Å². The van der Waals surface area contributed by atoms with Gasteiger partial charge in [0.2, 0.25) is 11.9 Å². The number of nitrogens with two attached hydrogens (primary N) is 1. The van der Waals surface area contributed by atoms with E-state index in [2.05, 4.69) is 15.3 Å². The number of nitrogens with one attached hydrogen (secondary N) is 1. The minimum atomic E-state index is -0.416. The highest BCUT2D eigenvalue weighted by Gasteiger charge is 2.22. The van der Waals surface area contributed by atoms with Gasteiger partial charge in [0.1, 0.15) is 11.6 Å². The molecular weight excluding hydrogens is 337 g/mol. The lowest BCUT2D eigenvalue weighted by molar-refractivity contribution is -0.129. The number of benzene rings is 1. The number of carbonyl (C=O) groups excluding carboxylic acids is 2. The SMILES string of the molecule is CC(=O)N1CCC(Nc2ncc(C(=O)c3ccc(F)cc3)c(N)n2)CC1. The van der Waals surface area contributed by atoms with Crippen LogP contribution in [-0.2, 0) is 4.79 Å². The molecule has 26 heavy (non-hydrogen) atoms. The Hall–Kier alpha value is -3.03. The Morgan fingerprint density at radius 3 is 2.46 bits per heavy atom. The number of carbonyl (C=O) groups is 2. The van der Waals surface area contributed by atoms with Crippen LogP contribution in [0.25, 0.3) is 0 Å². The lowest BCUT2D eigenvalue weighted by atomic mass is 10.0. The van der Waals surface area contributed by atoms with Gasteiger partial charge in [-0.3, -0.25) is 9.59 Å². The van der Waals surface area contributed by atoms with E-state index in [-0.39, 0.29) is 29.1 Å². The Balaban J connectivity index is 1.67. The second kappa shape index (κ2) is 7.47. The minimum absolute atomic E-state index is 0.0676. The zero-order valence-corrected chi connectivity index (χ0v) is 14.4. The van der Waals surface area contributed by atoms with Crippen LogP contribution in [0.15, 0.2) is 30.5 Å². The van der Waals surface area contributed by atoms with Crippen molar-refractivity contribution in [2.45, 2.75) is 25.8 Å². The maximum atomic E-state index is 13.0. The van der Waals surface area contributed by atoms with Gasteiger partial charge in [-0.05, 0) is 37.1 Å². The molecule has 0 saturated carbocycles. The fraction of sp³-hybridized carbons (Fsp3) is 0.333. The largest absolute Gasteiger partial charge is 0.383 e. The zero-order chi connectivity index (χ0) is 18.7. The molecule has 1 fully saturated rings. The summed E-state index contributed by atoms with van der Waals surface area (Å²) in [7, 11) is 0. The van der Waals surface area contributed by atoms with Gasteiger partial charge in [-0.25, -0.2) is 9.37 Å². The number of nitrogens with zero attached hydrogens (tertiary/aromatic N) is 3. The highest BCUT2D eigenvalue weighted by Crippen LogP contribution is 2.18. The van der Waals surface area contributed by atoms with Crippen molar-refractivity contribution < 1.29 is 14.0 Å². The Kier molecular flexibility index (Phi) is 5.11. The molecule has 7 nitrogen and oxygen atoms in total. The van der Waals surface area contributed by atoms with Gasteiger partial charge in [0.05, 0.1) is 5.56 Å². The summed E-state index contributed by atoms with van der Waals surface area (Å²) in [4.78, 5) is 33.9. The van der Waals surface area contributed by atoms with Crippen molar-refractivity contribution >= 4 is 23.5 Å². The van der Waals surface area contributed by atoms with Crippen LogP contribution in [0.4, 0.5) is 16.2 Å². The monoisotopic (exact) mass is 357 g/mol. The first-order valence-electron chi connectivity index (χ1n) is 8.39. The molecule has 8 heteroatoms. The van der Waals surface area contributed by atoms with E-state index in [9.17, 15) is 14.0 Å². The van der Waals surface area contributed by atoms with Crippen molar-refractivity contribution in [3.8, 4) is 0 Å². The standard InChI is InChI=1S/C18H20FN5O2/c1-11(25)24-8-6-14(7-9-24)22-18-21-10-15(17(20)23-18)16(26)12-2-4-13(19)5-3-12/h2-5,10,14H,6-9H2,1H3,(H3,20,21,22,23). The van der Waals surface area contributed by atoms with Crippen LogP contribution in [0.1, 0.15) is 35.7 Å². The summed E-state index contributed by atoms with van der Waals surface area (Å²) in [5, 5.41) is 3.19. The summed E-state index contributed by atoms with van der Waals surface area (Å²) < 4.78 is 13.0. The molecule has 1 aromatic carbocycles. The molecule has 2 heterocycles. The zero-order valence-electron chi connectivity index (χ0n) is 14.4. The van der Waals surface area contributed by atoms with Crippen molar-refractivity contribution in [2.75, 3.05) is 24.1 Å². The highest BCUT2D eigenvalue weighted by molar-refractivity contribution is 6.11. The van der Waals surface area contributed by atoms with E-state index in [1.165, 1.54) is 30.5 Å². The molecule has 1 aromatic heterocycles. The van der Waals surface area contributed by atoms with Crippen LogP contribution in [0.3, 0.4) is 0 Å². The van der Waals surface area contributed by atoms with E-state index in [0.717, 1.165) is 12.8 Å². The van der Waals surface area contributed by atoms with Crippen LogP contribution in [0, 0.1) is 5.82 Å². The normalized spacial score (nSPS) is 14.9. The van der Waals surface area contributed by atoms with Crippen molar-refractivity contribution in [1.82, 2.24) is 14.9 Å². The summed E-state index contributed by atoms with van der Waals surface area (Å²) >= 11 is 0. The highest BCUT2D eigenvalue weighted by atomic mass is 19.1. The number of anilines is 2. The van der Waals surface area contributed by atoms with Crippen molar-refractivity contribution in [3.63, 3.8) is 0 Å². The van der Waals surface area contributed by atoms with Crippen molar-refractivity contribution in [3.05, 3.63) is 47.4 Å². The lowest BCUT2D eigenvalue weighted by Gasteiger charge is -2.31. The Morgan fingerprint density at radius 2 is 1.88 bits per heavy atom. The number of hydrogen-bond donors (Lipinski definition) is 2. The third kappa shape index (κ3) is 3.96. The number of aromatic nitrogens is 2. The molecule has 1 saturated heterocycles. The second-order valence-corrected chi connectivity index (χ2v) is 6.25. The van der Waals surface area contributed by atoms with E-state index in [0.29, 0.717) is 24.6 Å². The van der Waals surface area contributed by atoms with Crippen molar-refractivity contribution in [2.24, 2.45) is 0 Å². The first-order chi connectivity index (χ1) is 12.4. The maximum absolute atomic E-state index is 13.0. The Morgan fingerprint density at radius 1 is 1.23 bits per heavy atom. The van der Waals surface area contributed by atoms with E-state index >= 15 is 0 Å². The van der Waals surface area contributed by atoms with Crippen molar-refractivity contribution in [1.29, 1.82) is 0 Å². The summed E-state index contributed by atoms with van der Waals surface area (Å²) in [6.07, 6.45) is 2.96. The molecule has 0 aliphatic carbocycles. The van der Waals surface area contributed by atoms with Crippen LogP contribution in [-0.4, -0.2) is 45.7 Å². The van der Waals surface area contributed by atoms with Gasteiger partial charge in [0, 0.05) is 37.8 Å². The van der Waals surface area contributed by atoms with E-state index in [4.69, 9.17) is 5.73 Å². The molecule has 1 aliphatic heterocycles. The summed E-state index contributed by atoms with van der Waals surface area (Å²) in [5.74, 6) is -0.282. The van der Waals surface area contributed by atoms with Gasteiger partial charge in [-0.2, -0.15) is 4.98 Å². The number of rotatable bonds is 4. The summed E-state index contributed by atoms with van der Waals surface area (Å²) in [5.41, 5.74) is 6.41. The molecule has 0 bridgehead atoms. The predicted octanol–water partition coefficient (Wildman–Crippen LogP) is 1.85. The lowest BCUT2D eigenvalue weighted by Crippen LogP contribution is -2.41. The minimum Gasteiger partial charge on any atom is -0.383 e. The van der Waals surface area contributed by atoms with Gasteiger partial charge in [-0.1, -0.05) is 0 Å². The van der Waals surface area contributed by atoms with Crippen LogP contribution in [0.5, 0.6) is 0 Å². The van der Waals surface area contributed by atoms with E-state index in [1.54, 1.807) is 11.8 Å². The van der Waals surface area contributed by atoms with Gasteiger partial charge >= 0.3 is 0 Å². The van der Waals surface area contributed by atoms with Gasteiger partial charge < -0.3 is 16.0 Å². The number of amides is 1. The summed E-state index contributed by atoms with van der Waals surface area (Å²) in [6, 6.07) is 5.36. The first kappa shape index (κ1) is 17.8. The molecule has 1 amide bonds. The maximum Gasteiger partial charge on any atom is 0.224 e. The molecule has 2 aromatic rings. The molecule has 136 valence electrons. The molecule has 0 spiro atoms. The smallest absolute Gasteiger partial charge is 0.224 e. The summed E-state index contributed by atoms with van der Waals surface area (Å²) in [6.45, 7) is 2.93. The number of ketones is 1. The number of hydrogen-bond acceptors (Lipinski definition) is 6. The van der Waals surface area contributed by atoms with Crippen LogP contribution in [0.2, 0.25) is 0 Å². The average Bonchev–Trinajstić information content (AvgIpc) is 2.62. The Labute approximate surface area is 150 Å². The average molecular weight is 357 g/mol. The number of nitrogen functional groups attached to an aromatic ring is 1.